The first-order valence-electron chi connectivity index (χ1n) is 7.92. The van der Waals surface area contributed by atoms with Crippen molar-refractivity contribution >= 4 is 0 Å². The van der Waals surface area contributed by atoms with Gasteiger partial charge >= 0.3 is 0 Å². The van der Waals surface area contributed by atoms with E-state index in [1.54, 1.807) is 0 Å². The zero-order valence-corrected chi connectivity index (χ0v) is 13.0. The summed E-state index contributed by atoms with van der Waals surface area (Å²) in [4.78, 5) is 2.56. The Morgan fingerprint density at radius 1 is 1.29 bits per heavy atom. The summed E-state index contributed by atoms with van der Waals surface area (Å²) >= 11 is 0. The molecule has 0 aliphatic carbocycles. The van der Waals surface area contributed by atoms with Crippen LogP contribution < -0.4 is 0 Å². The standard InChI is InChI=1S/C17H24N4/c1-3-21-13-18-19-17(21)16-9-6-10-20(12-16)11-15-8-5-4-7-14(15)2/h4-5,7-8,13,16H,3,6,9-12H2,1-2H3. The van der Waals surface area contributed by atoms with E-state index in [9.17, 15) is 0 Å². The van der Waals surface area contributed by atoms with E-state index in [2.05, 4.69) is 57.8 Å². The highest BCUT2D eigenvalue weighted by Crippen LogP contribution is 2.26. The van der Waals surface area contributed by atoms with E-state index in [1.807, 2.05) is 6.33 Å². The van der Waals surface area contributed by atoms with Gasteiger partial charge in [0, 0.05) is 25.6 Å². The Kier molecular flexibility index (Phi) is 4.34. The van der Waals surface area contributed by atoms with Gasteiger partial charge in [-0.3, -0.25) is 4.90 Å². The molecule has 1 saturated heterocycles. The van der Waals surface area contributed by atoms with E-state index >= 15 is 0 Å². The highest BCUT2D eigenvalue weighted by molar-refractivity contribution is 5.25. The van der Waals surface area contributed by atoms with Crippen LogP contribution in [0.4, 0.5) is 0 Å². The van der Waals surface area contributed by atoms with Crippen molar-refractivity contribution in [2.24, 2.45) is 0 Å². The van der Waals surface area contributed by atoms with Crippen molar-refractivity contribution in [3.8, 4) is 0 Å². The van der Waals surface area contributed by atoms with Crippen LogP contribution in [0.15, 0.2) is 30.6 Å². The maximum absolute atomic E-state index is 4.36. The average molecular weight is 284 g/mol. The maximum Gasteiger partial charge on any atom is 0.137 e. The van der Waals surface area contributed by atoms with Crippen LogP contribution in [0, 0.1) is 6.92 Å². The van der Waals surface area contributed by atoms with E-state index in [1.165, 1.54) is 30.5 Å². The highest BCUT2D eigenvalue weighted by atomic mass is 15.3. The Hall–Kier alpha value is -1.68. The van der Waals surface area contributed by atoms with Crippen LogP contribution in [0.3, 0.4) is 0 Å². The summed E-state index contributed by atoms with van der Waals surface area (Å²) in [6.45, 7) is 8.63. The molecule has 1 aromatic heterocycles. The summed E-state index contributed by atoms with van der Waals surface area (Å²) in [7, 11) is 0. The van der Waals surface area contributed by atoms with Gasteiger partial charge in [0.15, 0.2) is 0 Å². The number of rotatable bonds is 4. The molecule has 1 fully saturated rings. The lowest BCUT2D eigenvalue weighted by Crippen LogP contribution is -2.35. The van der Waals surface area contributed by atoms with Gasteiger partial charge in [0.25, 0.3) is 0 Å². The predicted molar refractivity (Wildman–Crippen MR) is 84.1 cm³/mol. The van der Waals surface area contributed by atoms with E-state index < -0.39 is 0 Å². The van der Waals surface area contributed by atoms with Gasteiger partial charge in [-0.2, -0.15) is 0 Å². The van der Waals surface area contributed by atoms with Crippen molar-refractivity contribution < 1.29 is 0 Å². The second-order valence-corrected chi connectivity index (χ2v) is 5.98. The molecule has 2 aromatic rings. The lowest BCUT2D eigenvalue weighted by atomic mass is 9.96. The Morgan fingerprint density at radius 2 is 2.14 bits per heavy atom. The zero-order valence-electron chi connectivity index (χ0n) is 13.0. The minimum Gasteiger partial charge on any atom is -0.318 e. The molecule has 4 nitrogen and oxygen atoms in total. The number of hydrogen-bond donors (Lipinski definition) is 0. The lowest BCUT2D eigenvalue weighted by Gasteiger charge is -2.32. The van der Waals surface area contributed by atoms with Crippen LogP contribution in [0.2, 0.25) is 0 Å². The molecule has 21 heavy (non-hydrogen) atoms. The van der Waals surface area contributed by atoms with Gasteiger partial charge in [-0.05, 0) is 44.4 Å². The molecular formula is C17H24N4. The molecule has 4 heteroatoms. The van der Waals surface area contributed by atoms with Gasteiger partial charge in [0.2, 0.25) is 0 Å². The average Bonchev–Trinajstić information content (AvgIpc) is 2.98. The van der Waals surface area contributed by atoms with Crippen molar-refractivity contribution in [2.45, 2.75) is 45.7 Å². The topological polar surface area (TPSA) is 34.0 Å². The largest absolute Gasteiger partial charge is 0.318 e. The first-order valence-corrected chi connectivity index (χ1v) is 7.92. The summed E-state index contributed by atoms with van der Waals surface area (Å²) in [5.41, 5.74) is 2.83. The Labute approximate surface area is 126 Å². The number of nitrogens with zero attached hydrogens (tertiary/aromatic N) is 4. The molecular weight excluding hydrogens is 260 g/mol. The van der Waals surface area contributed by atoms with Crippen LogP contribution in [0.5, 0.6) is 0 Å². The van der Waals surface area contributed by atoms with E-state index in [4.69, 9.17) is 0 Å². The van der Waals surface area contributed by atoms with Crippen LogP contribution in [-0.2, 0) is 13.1 Å². The van der Waals surface area contributed by atoms with Crippen molar-refractivity contribution in [3.05, 3.63) is 47.5 Å². The van der Waals surface area contributed by atoms with Crippen molar-refractivity contribution in [1.82, 2.24) is 19.7 Å². The number of aryl methyl sites for hydroxylation is 2. The third-order valence-electron chi connectivity index (χ3n) is 4.51. The smallest absolute Gasteiger partial charge is 0.137 e. The molecule has 0 N–H and O–H groups in total. The Balaban J connectivity index is 1.70. The van der Waals surface area contributed by atoms with E-state index in [-0.39, 0.29) is 0 Å². The monoisotopic (exact) mass is 284 g/mol. The van der Waals surface area contributed by atoms with Crippen LogP contribution in [-0.4, -0.2) is 32.8 Å². The van der Waals surface area contributed by atoms with Crippen molar-refractivity contribution in [2.75, 3.05) is 13.1 Å². The van der Waals surface area contributed by atoms with E-state index in [0.29, 0.717) is 5.92 Å². The molecule has 1 aliphatic heterocycles. The van der Waals surface area contributed by atoms with Gasteiger partial charge in [-0.1, -0.05) is 24.3 Å². The molecule has 1 unspecified atom stereocenters. The quantitative estimate of drug-likeness (QED) is 0.865. The molecule has 1 atom stereocenters. The molecule has 0 amide bonds. The van der Waals surface area contributed by atoms with Gasteiger partial charge in [0.1, 0.15) is 12.2 Å². The highest BCUT2D eigenvalue weighted by Gasteiger charge is 2.25. The molecule has 0 bridgehead atoms. The van der Waals surface area contributed by atoms with Gasteiger partial charge in [-0.25, -0.2) is 0 Å². The fourth-order valence-corrected chi connectivity index (χ4v) is 3.26. The molecule has 1 aromatic carbocycles. The molecule has 112 valence electrons. The van der Waals surface area contributed by atoms with Crippen LogP contribution in [0.1, 0.15) is 42.6 Å². The van der Waals surface area contributed by atoms with Crippen molar-refractivity contribution in [1.29, 1.82) is 0 Å². The van der Waals surface area contributed by atoms with Crippen LogP contribution >= 0.6 is 0 Å². The van der Waals surface area contributed by atoms with E-state index in [0.717, 1.165) is 25.5 Å². The fourth-order valence-electron chi connectivity index (χ4n) is 3.26. The molecule has 2 heterocycles. The number of piperidine rings is 1. The summed E-state index contributed by atoms with van der Waals surface area (Å²) in [5.74, 6) is 1.68. The SMILES string of the molecule is CCn1cnnc1C1CCCN(Cc2ccccc2C)C1. The number of aromatic nitrogens is 3. The molecule has 3 rings (SSSR count). The number of hydrogen-bond acceptors (Lipinski definition) is 3. The fraction of sp³-hybridized carbons (Fsp3) is 0.529. The maximum atomic E-state index is 4.36. The Bertz CT molecular complexity index is 590. The molecule has 1 aliphatic rings. The number of benzene rings is 1. The second kappa shape index (κ2) is 6.39. The minimum absolute atomic E-state index is 0.519. The third-order valence-corrected chi connectivity index (χ3v) is 4.51. The molecule has 0 radical (unpaired) electrons. The summed E-state index contributed by atoms with van der Waals surface area (Å²) in [6.07, 6.45) is 4.33. The molecule has 0 spiro atoms. The zero-order chi connectivity index (χ0) is 14.7. The minimum atomic E-state index is 0.519. The van der Waals surface area contributed by atoms with Gasteiger partial charge in [0.05, 0.1) is 0 Å². The molecule has 0 saturated carbocycles. The lowest BCUT2D eigenvalue weighted by molar-refractivity contribution is 0.194. The number of likely N-dealkylation sites (tertiary alicyclic amines) is 1. The van der Waals surface area contributed by atoms with Crippen LogP contribution in [0.25, 0.3) is 0 Å². The summed E-state index contributed by atoms with van der Waals surface area (Å²) in [5, 5.41) is 8.44. The van der Waals surface area contributed by atoms with Gasteiger partial charge in [-0.15, -0.1) is 10.2 Å². The van der Waals surface area contributed by atoms with Gasteiger partial charge < -0.3 is 4.57 Å². The second-order valence-electron chi connectivity index (χ2n) is 5.98. The third kappa shape index (κ3) is 3.16. The van der Waals surface area contributed by atoms with Crippen molar-refractivity contribution in [3.63, 3.8) is 0 Å². The first-order chi connectivity index (χ1) is 10.3. The predicted octanol–water partition coefficient (Wildman–Crippen LogP) is 2.99. The Morgan fingerprint density at radius 3 is 2.95 bits per heavy atom. The summed E-state index contributed by atoms with van der Waals surface area (Å²) in [6, 6.07) is 8.69. The normalized spacial score (nSPS) is 19.8. The first kappa shape index (κ1) is 14.3. The summed E-state index contributed by atoms with van der Waals surface area (Å²) < 4.78 is 2.18.